The number of nitrogens with zero attached hydrogens (tertiary/aromatic N) is 2. The minimum absolute atomic E-state index is 0.456. The van der Waals surface area contributed by atoms with E-state index in [1.54, 1.807) is 0 Å². The molecule has 1 aromatic rings. The summed E-state index contributed by atoms with van der Waals surface area (Å²) in [6.45, 7) is 5.88. The van der Waals surface area contributed by atoms with E-state index < -0.39 is 0 Å². The monoisotopic (exact) mass is 289 g/mol. The van der Waals surface area contributed by atoms with Crippen molar-refractivity contribution in [3.05, 3.63) is 18.2 Å². The number of hydrogen-bond acceptors (Lipinski definition) is 5. The number of nitrogen functional groups attached to an aromatic ring is 1. The van der Waals surface area contributed by atoms with E-state index in [0.717, 1.165) is 50.9 Å². The third-order valence-corrected chi connectivity index (χ3v) is 4.95. The molecule has 0 amide bonds. The average molecular weight is 289 g/mol. The highest BCUT2D eigenvalue weighted by Crippen LogP contribution is 2.37. The second-order valence-electron chi connectivity index (χ2n) is 6.22. The highest BCUT2D eigenvalue weighted by molar-refractivity contribution is 5.66. The quantitative estimate of drug-likeness (QED) is 0.791. The van der Waals surface area contributed by atoms with Crippen molar-refractivity contribution in [1.29, 1.82) is 0 Å². The van der Waals surface area contributed by atoms with E-state index in [2.05, 4.69) is 15.9 Å². The van der Waals surface area contributed by atoms with Crippen LogP contribution in [0.3, 0.4) is 0 Å². The fourth-order valence-electron chi connectivity index (χ4n) is 3.79. The molecule has 0 radical (unpaired) electrons. The van der Waals surface area contributed by atoms with Gasteiger partial charge in [0.1, 0.15) is 12.4 Å². The van der Waals surface area contributed by atoms with Crippen LogP contribution in [-0.2, 0) is 4.74 Å². The predicted octanol–water partition coefficient (Wildman–Crippen LogP) is 1.33. The Bertz CT molecular complexity index is 516. The van der Waals surface area contributed by atoms with Crippen LogP contribution < -0.4 is 15.4 Å². The van der Waals surface area contributed by atoms with Gasteiger partial charge in [-0.25, -0.2) is 0 Å². The van der Waals surface area contributed by atoms with Crippen LogP contribution in [0, 0.1) is 0 Å². The lowest BCUT2D eigenvalue weighted by Crippen LogP contribution is -2.59. The van der Waals surface area contributed by atoms with Gasteiger partial charge in [0.15, 0.2) is 0 Å². The molecule has 0 saturated carbocycles. The molecule has 4 rings (SSSR count). The van der Waals surface area contributed by atoms with Gasteiger partial charge in [0.25, 0.3) is 0 Å². The van der Waals surface area contributed by atoms with Crippen LogP contribution in [0.4, 0.5) is 11.4 Å². The fourth-order valence-corrected chi connectivity index (χ4v) is 3.79. The van der Waals surface area contributed by atoms with Crippen LogP contribution >= 0.6 is 0 Å². The molecule has 0 aliphatic carbocycles. The van der Waals surface area contributed by atoms with Gasteiger partial charge in [-0.2, -0.15) is 0 Å². The summed E-state index contributed by atoms with van der Waals surface area (Å²) in [6.07, 6.45) is 2.33. The molecule has 1 unspecified atom stereocenters. The first-order valence-electron chi connectivity index (χ1n) is 7.92. The maximum atomic E-state index is 5.94. The number of rotatable bonds is 1. The zero-order chi connectivity index (χ0) is 14.2. The molecule has 2 fully saturated rings. The lowest BCUT2D eigenvalue weighted by atomic mass is 10.0. The number of nitrogens with two attached hydrogens (primary N) is 1. The molecule has 2 saturated heterocycles. The maximum Gasteiger partial charge on any atom is 0.144 e. The molecule has 5 heteroatoms. The Balaban J connectivity index is 1.49. The van der Waals surface area contributed by atoms with Crippen molar-refractivity contribution in [1.82, 2.24) is 4.90 Å². The van der Waals surface area contributed by atoms with Crippen LogP contribution in [0.5, 0.6) is 5.75 Å². The molecule has 0 spiro atoms. The highest BCUT2D eigenvalue weighted by Gasteiger charge is 2.35. The van der Waals surface area contributed by atoms with Gasteiger partial charge in [-0.15, -0.1) is 0 Å². The Kier molecular flexibility index (Phi) is 3.39. The van der Waals surface area contributed by atoms with Gasteiger partial charge >= 0.3 is 0 Å². The average Bonchev–Trinajstić information content (AvgIpc) is 2.54. The van der Waals surface area contributed by atoms with E-state index in [0.29, 0.717) is 12.1 Å². The van der Waals surface area contributed by atoms with Gasteiger partial charge in [0, 0.05) is 50.6 Å². The van der Waals surface area contributed by atoms with E-state index in [9.17, 15) is 0 Å². The van der Waals surface area contributed by atoms with Gasteiger partial charge in [-0.1, -0.05) is 0 Å². The van der Waals surface area contributed by atoms with Crippen molar-refractivity contribution in [3.63, 3.8) is 0 Å². The Labute approximate surface area is 125 Å². The Morgan fingerprint density at radius 1 is 1.10 bits per heavy atom. The van der Waals surface area contributed by atoms with Crippen LogP contribution in [-0.4, -0.2) is 56.4 Å². The van der Waals surface area contributed by atoms with Crippen molar-refractivity contribution in [2.75, 3.05) is 50.1 Å². The summed E-state index contributed by atoms with van der Waals surface area (Å²) < 4.78 is 11.4. The van der Waals surface area contributed by atoms with Crippen molar-refractivity contribution in [3.8, 4) is 5.75 Å². The molecule has 3 heterocycles. The Morgan fingerprint density at radius 3 is 2.81 bits per heavy atom. The first-order chi connectivity index (χ1) is 10.3. The van der Waals surface area contributed by atoms with E-state index in [-0.39, 0.29) is 0 Å². The van der Waals surface area contributed by atoms with Crippen molar-refractivity contribution in [2.24, 2.45) is 0 Å². The van der Waals surface area contributed by atoms with Crippen molar-refractivity contribution in [2.45, 2.75) is 24.9 Å². The summed E-state index contributed by atoms with van der Waals surface area (Å²) in [4.78, 5) is 5.13. The lowest BCUT2D eigenvalue weighted by molar-refractivity contribution is 0.0231. The molecule has 5 nitrogen and oxygen atoms in total. The minimum Gasteiger partial charge on any atom is -0.489 e. The minimum atomic E-state index is 0.456. The first-order valence-corrected chi connectivity index (χ1v) is 7.92. The Morgan fingerprint density at radius 2 is 1.95 bits per heavy atom. The zero-order valence-corrected chi connectivity index (χ0v) is 12.3. The maximum absolute atomic E-state index is 5.94. The largest absolute Gasteiger partial charge is 0.489 e. The van der Waals surface area contributed by atoms with Gasteiger partial charge < -0.3 is 20.1 Å². The van der Waals surface area contributed by atoms with E-state index in [1.165, 1.54) is 18.5 Å². The molecule has 2 N–H and O–H groups in total. The molecule has 21 heavy (non-hydrogen) atoms. The van der Waals surface area contributed by atoms with Crippen LogP contribution in [0.15, 0.2) is 18.2 Å². The van der Waals surface area contributed by atoms with Crippen molar-refractivity contribution < 1.29 is 9.47 Å². The molecular weight excluding hydrogens is 266 g/mol. The van der Waals surface area contributed by atoms with Crippen LogP contribution in [0.25, 0.3) is 0 Å². The summed E-state index contributed by atoms with van der Waals surface area (Å²) in [7, 11) is 0. The van der Waals surface area contributed by atoms with Gasteiger partial charge in [-0.3, -0.25) is 4.90 Å². The van der Waals surface area contributed by atoms with E-state index >= 15 is 0 Å². The topological polar surface area (TPSA) is 51.0 Å². The number of benzene rings is 1. The molecule has 0 bridgehead atoms. The second kappa shape index (κ2) is 5.39. The zero-order valence-electron chi connectivity index (χ0n) is 12.3. The fraction of sp³-hybridized carbons (Fsp3) is 0.625. The number of hydrogen-bond donors (Lipinski definition) is 1. The molecule has 1 aromatic carbocycles. The van der Waals surface area contributed by atoms with Gasteiger partial charge in [-0.05, 0) is 25.0 Å². The highest BCUT2D eigenvalue weighted by atomic mass is 16.5. The third kappa shape index (κ3) is 2.45. The summed E-state index contributed by atoms with van der Waals surface area (Å²) >= 11 is 0. The van der Waals surface area contributed by atoms with E-state index in [4.69, 9.17) is 15.2 Å². The number of fused-ring (bicyclic) bond motifs is 3. The van der Waals surface area contributed by atoms with Gasteiger partial charge in [0.2, 0.25) is 0 Å². The molecule has 3 aliphatic rings. The van der Waals surface area contributed by atoms with Gasteiger partial charge in [0.05, 0.1) is 11.7 Å². The molecule has 0 aromatic heterocycles. The van der Waals surface area contributed by atoms with E-state index in [1.807, 2.05) is 12.1 Å². The molecule has 114 valence electrons. The summed E-state index contributed by atoms with van der Waals surface area (Å²) in [5.74, 6) is 0.936. The predicted molar refractivity (Wildman–Crippen MR) is 82.9 cm³/mol. The summed E-state index contributed by atoms with van der Waals surface area (Å²) in [6, 6.07) is 7.15. The smallest absolute Gasteiger partial charge is 0.144 e. The number of anilines is 2. The summed E-state index contributed by atoms with van der Waals surface area (Å²) in [5.41, 5.74) is 7.82. The van der Waals surface area contributed by atoms with Crippen molar-refractivity contribution >= 4 is 11.4 Å². The number of ether oxygens (including phenoxy) is 2. The second-order valence-corrected chi connectivity index (χ2v) is 6.22. The lowest BCUT2D eigenvalue weighted by Gasteiger charge is -2.48. The first kappa shape index (κ1) is 13.2. The molecule has 1 atom stereocenters. The molecule has 3 aliphatic heterocycles. The molecular formula is C16H23N3O2. The third-order valence-electron chi connectivity index (χ3n) is 4.95. The number of piperazine rings is 1. The standard InChI is InChI=1S/C16H23N3O2/c17-12-1-2-15-16(9-12)21-11-14-10-18(5-6-19(14)15)13-3-7-20-8-4-13/h1-2,9,13-14H,3-8,10-11,17H2. The van der Waals surface area contributed by atoms with Crippen LogP contribution in [0.1, 0.15) is 12.8 Å². The Hall–Kier alpha value is -1.46. The van der Waals surface area contributed by atoms with Crippen LogP contribution in [0.2, 0.25) is 0 Å². The SMILES string of the molecule is Nc1ccc2c(c1)OCC1CN(C3CCOCC3)CCN21. The normalized spacial score (nSPS) is 26.9. The summed E-state index contributed by atoms with van der Waals surface area (Å²) in [5, 5.41) is 0.